The first-order valence-electron chi connectivity index (χ1n) is 14.0. The van der Waals surface area contributed by atoms with Crippen molar-refractivity contribution in [2.45, 2.75) is 6.42 Å². The van der Waals surface area contributed by atoms with Gasteiger partial charge in [-0.05, 0) is 177 Å². The van der Waals surface area contributed by atoms with Crippen molar-refractivity contribution in [2.75, 3.05) is 0 Å². The monoisotopic (exact) mass is 1030 g/mol. The van der Waals surface area contributed by atoms with Crippen LogP contribution in [-0.2, 0) is 6.42 Å². The minimum atomic E-state index is 0.673. The van der Waals surface area contributed by atoms with Gasteiger partial charge in [0, 0.05) is 14.3 Å². The molecule has 0 saturated heterocycles. The van der Waals surface area contributed by atoms with Gasteiger partial charge in [0.2, 0.25) is 0 Å². The van der Waals surface area contributed by atoms with Crippen molar-refractivity contribution in [3.63, 3.8) is 0 Å². The molecule has 0 fully saturated rings. The van der Waals surface area contributed by atoms with Crippen LogP contribution in [0.25, 0.3) is 44.5 Å². The van der Waals surface area contributed by atoms with E-state index < -0.39 is 0 Å². The van der Waals surface area contributed by atoms with Crippen LogP contribution in [0.3, 0.4) is 0 Å². The van der Waals surface area contributed by atoms with Crippen LogP contribution in [0.15, 0.2) is 121 Å². The second-order valence-electron chi connectivity index (χ2n) is 10.5. The van der Waals surface area contributed by atoms with Crippen molar-refractivity contribution >= 4 is 90.4 Å². The van der Waals surface area contributed by atoms with Crippen molar-refractivity contribution in [1.29, 1.82) is 10.5 Å². The molecule has 0 unspecified atom stereocenters. The highest BCUT2D eigenvalue weighted by molar-refractivity contribution is 14.1. The van der Waals surface area contributed by atoms with Gasteiger partial charge in [0.1, 0.15) is 0 Å². The Morgan fingerprint density at radius 3 is 0.956 bits per heavy atom. The van der Waals surface area contributed by atoms with Crippen molar-refractivity contribution < 1.29 is 0 Å². The predicted molar refractivity (Wildman–Crippen MR) is 218 cm³/mol. The normalized spacial score (nSPS) is 10.7. The fraction of sp³-hybridized carbons (Fsp3) is 0.0256. The van der Waals surface area contributed by atoms with Gasteiger partial charge in [0.25, 0.3) is 0 Å². The molecule has 2 nitrogen and oxygen atoms in total. The second-order valence-corrected chi connectivity index (χ2v) is 14.8. The van der Waals surface area contributed by atoms with Gasteiger partial charge >= 0.3 is 0 Å². The van der Waals surface area contributed by atoms with Crippen molar-refractivity contribution in [3.8, 4) is 56.6 Å². The maximum atomic E-state index is 9.08. The van der Waals surface area contributed by atoms with Gasteiger partial charge in [0.05, 0.1) is 23.3 Å². The summed E-state index contributed by atoms with van der Waals surface area (Å²) in [4.78, 5) is 0. The Morgan fingerprint density at radius 2 is 0.644 bits per heavy atom. The van der Waals surface area contributed by atoms with Gasteiger partial charge < -0.3 is 0 Å². The van der Waals surface area contributed by atoms with Gasteiger partial charge in [-0.1, -0.05) is 97.1 Å². The molecule has 0 spiro atoms. The molecule has 6 aromatic carbocycles. The quantitative estimate of drug-likeness (QED) is 0.156. The van der Waals surface area contributed by atoms with E-state index in [4.69, 9.17) is 10.5 Å². The van der Waals surface area contributed by atoms with Gasteiger partial charge in [-0.3, -0.25) is 0 Å². The maximum Gasteiger partial charge on any atom is 0.0991 e. The molecule has 0 N–H and O–H groups in total. The molecular formula is C39H22I4N2. The number of halogens is 4. The number of hydrogen-bond donors (Lipinski definition) is 0. The third kappa shape index (κ3) is 6.99. The molecule has 0 bridgehead atoms. The summed E-state index contributed by atoms with van der Waals surface area (Å²) in [5.41, 5.74) is 13.3. The Balaban J connectivity index is 1.21. The average molecular weight is 1030 g/mol. The number of nitriles is 2. The summed E-state index contributed by atoms with van der Waals surface area (Å²) in [5, 5.41) is 18.2. The highest BCUT2D eigenvalue weighted by Gasteiger charge is 2.16. The molecule has 6 rings (SSSR count). The Labute approximate surface area is 318 Å². The molecule has 0 radical (unpaired) electrons. The SMILES string of the molecule is N#Cc1ccc(-c2ccc(-c3ccc(Cc4ccc(-c5ccc(-c6ccc(C#N)cc6)cc5)c(I)c4I)c(I)c3I)cc2)cc1. The van der Waals surface area contributed by atoms with Gasteiger partial charge in [0.15, 0.2) is 0 Å². The maximum absolute atomic E-state index is 9.08. The lowest BCUT2D eigenvalue weighted by Crippen LogP contribution is -2.00. The van der Waals surface area contributed by atoms with Gasteiger partial charge in [-0.2, -0.15) is 10.5 Å². The van der Waals surface area contributed by atoms with Crippen LogP contribution in [0.4, 0.5) is 0 Å². The summed E-state index contributed by atoms with van der Waals surface area (Å²) >= 11 is 9.98. The highest BCUT2D eigenvalue weighted by atomic mass is 127. The Hall–Kier alpha value is -2.78. The van der Waals surface area contributed by atoms with Crippen molar-refractivity contribution in [3.05, 3.63) is 158 Å². The number of rotatable bonds is 6. The summed E-state index contributed by atoms with van der Waals surface area (Å²) in [7, 11) is 0. The number of hydrogen-bond acceptors (Lipinski definition) is 2. The van der Waals surface area contributed by atoms with E-state index in [1.807, 2.05) is 48.5 Å². The lowest BCUT2D eigenvalue weighted by Gasteiger charge is -2.15. The van der Waals surface area contributed by atoms with E-state index >= 15 is 0 Å². The van der Waals surface area contributed by atoms with Crippen LogP contribution >= 0.6 is 90.4 Å². The van der Waals surface area contributed by atoms with Gasteiger partial charge in [-0.25, -0.2) is 0 Å². The van der Waals surface area contributed by atoms with E-state index in [0.717, 1.165) is 28.7 Å². The second kappa shape index (κ2) is 14.3. The minimum Gasteiger partial charge on any atom is -0.192 e. The molecule has 0 atom stereocenters. The fourth-order valence-corrected chi connectivity index (χ4v) is 8.26. The zero-order valence-corrected chi connectivity index (χ0v) is 32.3. The van der Waals surface area contributed by atoms with Crippen molar-refractivity contribution in [1.82, 2.24) is 0 Å². The molecule has 6 heteroatoms. The van der Waals surface area contributed by atoms with Crippen LogP contribution in [0, 0.1) is 36.9 Å². The molecule has 0 saturated carbocycles. The Morgan fingerprint density at radius 1 is 0.356 bits per heavy atom. The Kier molecular flexibility index (Phi) is 10.2. The lowest BCUT2D eigenvalue weighted by molar-refractivity contribution is 1.15. The number of benzene rings is 6. The molecule has 216 valence electrons. The average Bonchev–Trinajstić information content (AvgIpc) is 3.09. The summed E-state index contributed by atoms with van der Waals surface area (Å²) in [6, 6.07) is 46.2. The molecule has 0 amide bonds. The first-order chi connectivity index (χ1) is 21.9. The number of nitrogens with zero attached hydrogens (tertiary/aromatic N) is 2. The van der Waals surface area contributed by atoms with Gasteiger partial charge in [-0.15, -0.1) is 0 Å². The van der Waals surface area contributed by atoms with Crippen LogP contribution in [0.1, 0.15) is 22.3 Å². The van der Waals surface area contributed by atoms with E-state index in [0.29, 0.717) is 11.1 Å². The fourth-order valence-electron chi connectivity index (χ4n) is 5.26. The topological polar surface area (TPSA) is 47.6 Å². The van der Waals surface area contributed by atoms with E-state index in [1.165, 1.54) is 47.7 Å². The first-order valence-corrected chi connectivity index (χ1v) is 18.3. The molecule has 0 heterocycles. The Bertz CT molecular complexity index is 1950. The zero-order valence-electron chi connectivity index (χ0n) is 23.7. The lowest BCUT2D eigenvalue weighted by atomic mass is 9.96. The molecule has 0 aromatic heterocycles. The van der Waals surface area contributed by atoms with E-state index in [2.05, 4.69) is 175 Å². The highest BCUT2D eigenvalue weighted by Crippen LogP contribution is 2.36. The molecule has 0 aliphatic heterocycles. The van der Waals surface area contributed by atoms with Crippen LogP contribution in [0.2, 0.25) is 0 Å². The zero-order chi connectivity index (χ0) is 31.5. The van der Waals surface area contributed by atoms with Crippen LogP contribution < -0.4 is 0 Å². The molecule has 6 aromatic rings. The largest absolute Gasteiger partial charge is 0.192 e. The smallest absolute Gasteiger partial charge is 0.0991 e. The summed E-state index contributed by atoms with van der Waals surface area (Å²) in [6.45, 7) is 0. The summed E-state index contributed by atoms with van der Waals surface area (Å²) < 4.78 is 5.10. The predicted octanol–water partition coefficient (Wildman–Crippen LogP) is 12.1. The molecule has 0 aliphatic rings. The summed E-state index contributed by atoms with van der Waals surface area (Å²) in [6.07, 6.45) is 0.873. The van der Waals surface area contributed by atoms with Crippen LogP contribution in [-0.4, -0.2) is 0 Å². The molecular weight excluding hydrogens is 1000 g/mol. The van der Waals surface area contributed by atoms with E-state index in [9.17, 15) is 0 Å². The van der Waals surface area contributed by atoms with E-state index in [-0.39, 0.29) is 0 Å². The third-order valence-electron chi connectivity index (χ3n) is 7.79. The molecule has 45 heavy (non-hydrogen) atoms. The minimum absolute atomic E-state index is 0.673. The first kappa shape index (κ1) is 32.2. The molecule has 0 aliphatic carbocycles. The standard InChI is InChI=1S/C39H22I4N2/c40-36-32(17-19-34(38(36)42)30-13-9-28(10-14-30)26-5-1-24(22-44)2-6-26)21-33-18-20-35(39(43)37(33)41)31-15-11-29(12-16-31)27-7-3-25(23-45)4-8-27/h1-20H,21H2. The van der Waals surface area contributed by atoms with Crippen LogP contribution in [0.5, 0.6) is 0 Å². The van der Waals surface area contributed by atoms with Crippen molar-refractivity contribution in [2.24, 2.45) is 0 Å². The summed E-state index contributed by atoms with van der Waals surface area (Å²) in [5.74, 6) is 0. The van der Waals surface area contributed by atoms with E-state index in [1.54, 1.807) is 0 Å². The third-order valence-corrected chi connectivity index (χ3v) is 14.6.